The minimum atomic E-state index is -1.99. The number of carbonyl (C=O) groups is 1. The van der Waals surface area contributed by atoms with Gasteiger partial charge in [-0.15, -0.1) is 0 Å². The first kappa shape index (κ1) is 48.4. The van der Waals surface area contributed by atoms with Crippen molar-refractivity contribution in [3.05, 3.63) is 120 Å². The number of aryl methyl sites for hydroxylation is 1. The van der Waals surface area contributed by atoms with Crippen LogP contribution < -0.4 is 27.3 Å². The fourth-order valence-electron chi connectivity index (χ4n) is 10.9. The van der Waals surface area contributed by atoms with Gasteiger partial charge in [-0.2, -0.15) is 0 Å². The summed E-state index contributed by atoms with van der Waals surface area (Å²) < 4.78 is 48.0. The van der Waals surface area contributed by atoms with Crippen LogP contribution in [0.2, 0.25) is 0 Å². The van der Waals surface area contributed by atoms with Crippen LogP contribution in [0.4, 0.5) is 0 Å². The number of aliphatic hydroxyl groups is 4. The Hall–Kier alpha value is -6.85. The number of hydrogen-bond acceptors (Lipinski definition) is 19. The van der Waals surface area contributed by atoms with Crippen molar-refractivity contribution in [1.82, 2.24) is 9.55 Å². The van der Waals surface area contributed by atoms with Crippen LogP contribution in [0.25, 0.3) is 65.8 Å². The van der Waals surface area contributed by atoms with Crippen LogP contribution in [0, 0.1) is 6.92 Å². The van der Waals surface area contributed by atoms with E-state index in [1.54, 1.807) is 49.6 Å². The fraction of sp³-hybridized carbons (Fsp3) is 0.377. The molecule has 4 aromatic heterocycles. The largest absolute Gasteiger partial charge is 0.506 e. The van der Waals surface area contributed by atoms with Gasteiger partial charge in [-0.3, -0.25) is 4.79 Å². The molecule has 0 bridgehead atoms. The van der Waals surface area contributed by atoms with E-state index in [4.69, 9.17) is 48.0 Å². The molecule has 2 fully saturated rings. The highest BCUT2D eigenvalue weighted by Crippen LogP contribution is 2.46. The van der Waals surface area contributed by atoms with Gasteiger partial charge < -0.3 is 73.1 Å². The van der Waals surface area contributed by atoms with Crippen molar-refractivity contribution in [2.75, 3.05) is 7.11 Å². The molecule has 4 aromatic carbocycles. The standard InChI is InChI=1S/C33H35NO13.C20H16N2O4/c1-11-9-10-16-19-17(11)29(38)46-25-18-14(24(36)21(20(19)25)30(39)44-16)7-6-8-15(18)45-32-28(33(4,40)27(37)13(3)43-32)47-31-22(34)26(41-5)23(35)12(2)42-31;1-2-20(25)14-8-16-17-12(7-11-5-3-4-6-15(11)21-17)9-22(16)18(23)13(14)10-26-19(20)24/h6-10,12-13,22-23,26-28,31-32,35-37,40H,34H2,1-5H3;3-8,25H,2,9-10H2,1H3/t12-,13-,22-,23+,26-,27+,28+,31-,32+,33+;20-/m10/s1. The van der Waals surface area contributed by atoms with E-state index in [-0.39, 0.29) is 62.4 Å². The molecule has 0 amide bonds. The van der Waals surface area contributed by atoms with E-state index < -0.39 is 89.4 Å². The Labute approximate surface area is 412 Å². The molecule has 20 heteroatoms. The zero-order chi connectivity index (χ0) is 51.7. The summed E-state index contributed by atoms with van der Waals surface area (Å²) in [7, 11) is 1.39. The van der Waals surface area contributed by atoms with E-state index in [9.17, 15) is 44.7 Å². The Morgan fingerprint density at radius 1 is 0.877 bits per heavy atom. The van der Waals surface area contributed by atoms with Crippen LogP contribution in [0.1, 0.15) is 56.4 Å². The lowest BCUT2D eigenvalue weighted by atomic mass is 9.86. The Morgan fingerprint density at radius 3 is 2.37 bits per heavy atom. The number of carbonyl (C=O) groups excluding carboxylic acids is 1. The second-order valence-electron chi connectivity index (χ2n) is 19.3. The minimum Gasteiger partial charge on any atom is -0.506 e. The van der Waals surface area contributed by atoms with Gasteiger partial charge in [0.1, 0.15) is 53.0 Å². The molecule has 0 saturated carbocycles. The number of methoxy groups -OCH3 is 1. The number of phenols is 1. The number of esters is 1. The van der Waals surface area contributed by atoms with Gasteiger partial charge in [-0.25, -0.2) is 19.4 Å². The molecule has 380 valence electrons. The number of aliphatic hydroxyl groups excluding tert-OH is 2. The maximum Gasteiger partial charge on any atom is 0.348 e. The molecule has 11 atom stereocenters. The van der Waals surface area contributed by atoms with Crippen molar-refractivity contribution < 1.29 is 67.6 Å². The smallest absolute Gasteiger partial charge is 0.348 e. The SMILES string of the molecule is CC[C@@]1(O)C(=O)OCc2c1cc1n(c2=O)Cc2cc3ccccc3nc2-1.CO[C@@H]1[C@@H](N)[C@@H](O[C@H]2[C@H](Oc3cccc4c(O)c5c(=O)oc6ccc(C)c7c(=O)oc(c34)c5c67)O[C@H](C)[C@H](O)[C@]2(C)O)O[C@H](C)[C@@H]1O. The van der Waals surface area contributed by atoms with Crippen molar-refractivity contribution in [2.24, 2.45) is 5.73 Å². The predicted molar refractivity (Wildman–Crippen MR) is 261 cm³/mol. The van der Waals surface area contributed by atoms with Gasteiger partial charge in [0.2, 0.25) is 6.29 Å². The van der Waals surface area contributed by atoms with E-state index in [1.165, 1.54) is 33.1 Å². The maximum absolute atomic E-state index is 13.4. The van der Waals surface area contributed by atoms with E-state index in [1.807, 2.05) is 30.3 Å². The minimum absolute atomic E-state index is 0.0328. The molecule has 0 radical (unpaired) electrons. The summed E-state index contributed by atoms with van der Waals surface area (Å²) in [5.74, 6) is -1.09. The summed E-state index contributed by atoms with van der Waals surface area (Å²) in [5, 5.41) is 57.2. The number of cyclic esters (lactones) is 1. The lowest BCUT2D eigenvalue weighted by Crippen LogP contribution is -2.69. The van der Waals surface area contributed by atoms with Crippen LogP contribution >= 0.6 is 0 Å². The summed E-state index contributed by atoms with van der Waals surface area (Å²) in [5.41, 5.74) is 5.33. The Bertz CT molecular complexity index is 3750. The van der Waals surface area contributed by atoms with Gasteiger partial charge in [0.15, 0.2) is 23.6 Å². The Balaban J connectivity index is 0.000000185. The molecule has 12 rings (SSSR count). The highest BCUT2D eigenvalue weighted by molar-refractivity contribution is 6.28. The molecule has 4 aliphatic rings. The van der Waals surface area contributed by atoms with E-state index >= 15 is 0 Å². The van der Waals surface area contributed by atoms with Crippen molar-refractivity contribution in [1.29, 1.82) is 0 Å². The van der Waals surface area contributed by atoms with E-state index in [2.05, 4.69) is 0 Å². The van der Waals surface area contributed by atoms with Crippen molar-refractivity contribution in [3.63, 3.8) is 0 Å². The third-order valence-electron chi connectivity index (χ3n) is 14.9. The maximum atomic E-state index is 13.4. The first-order valence-electron chi connectivity index (χ1n) is 23.7. The number of nitrogens with two attached hydrogens (primary N) is 1. The third kappa shape index (κ3) is 7.26. The van der Waals surface area contributed by atoms with Crippen molar-refractivity contribution in [2.45, 2.75) is 121 Å². The zero-order valence-electron chi connectivity index (χ0n) is 40.3. The first-order chi connectivity index (χ1) is 34.8. The number of rotatable bonds is 6. The highest BCUT2D eigenvalue weighted by atomic mass is 16.7. The molecule has 0 spiro atoms. The molecule has 0 unspecified atom stereocenters. The molecular formula is C53H51N3O17. The monoisotopic (exact) mass is 1000 g/mol. The fourth-order valence-corrected chi connectivity index (χ4v) is 10.9. The molecule has 4 aliphatic heterocycles. The molecule has 2 saturated heterocycles. The summed E-state index contributed by atoms with van der Waals surface area (Å²) in [6, 6.07) is 18.3. The van der Waals surface area contributed by atoms with Crippen LogP contribution in [-0.4, -0.2) is 109 Å². The molecular weight excluding hydrogens is 951 g/mol. The second kappa shape index (κ2) is 17.4. The third-order valence-corrected chi connectivity index (χ3v) is 14.9. The van der Waals surface area contributed by atoms with Gasteiger partial charge >= 0.3 is 17.2 Å². The van der Waals surface area contributed by atoms with Gasteiger partial charge in [0, 0.05) is 39.8 Å². The number of aromatic nitrogens is 2. The molecule has 7 N–H and O–H groups in total. The topological polar surface area (TPSA) is 295 Å². The van der Waals surface area contributed by atoms with Gasteiger partial charge in [-0.1, -0.05) is 43.3 Å². The molecule has 0 aliphatic carbocycles. The number of benzene rings is 4. The number of nitrogens with zero attached hydrogens (tertiary/aromatic N) is 2. The average Bonchev–Trinajstić information content (AvgIpc) is 3.73. The van der Waals surface area contributed by atoms with E-state index in [0.29, 0.717) is 34.3 Å². The number of fused-ring (bicyclic) bond motifs is 7. The number of para-hydroxylation sites is 1. The Morgan fingerprint density at radius 2 is 1.62 bits per heavy atom. The number of phenolic OH excluding ortho intramolecular Hbond substituents is 1. The number of ether oxygens (including phenoxy) is 6. The quantitative estimate of drug-likeness (QED) is 0.0597. The zero-order valence-corrected chi connectivity index (χ0v) is 40.3. The second-order valence-corrected chi connectivity index (χ2v) is 19.3. The Kier molecular flexibility index (Phi) is 11.5. The van der Waals surface area contributed by atoms with Gasteiger partial charge in [-0.05, 0) is 70.0 Å². The van der Waals surface area contributed by atoms with Gasteiger partial charge in [0.25, 0.3) is 5.56 Å². The van der Waals surface area contributed by atoms with Crippen molar-refractivity contribution in [3.8, 4) is 22.9 Å². The number of aromatic hydroxyl groups is 1. The first-order valence-corrected chi connectivity index (χ1v) is 23.7. The van der Waals surface area contributed by atoms with Crippen LogP contribution in [0.15, 0.2) is 89.9 Å². The molecule has 8 heterocycles. The van der Waals surface area contributed by atoms with Crippen LogP contribution in [0.5, 0.6) is 11.5 Å². The lowest BCUT2D eigenvalue weighted by Gasteiger charge is -2.50. The molecule has 73 heavy (non-hydrogen) atoms. The number of pyridine rings is 2. The van der Waals surface area contributed by atoms with Crippen molar-refractivity contribution >= 4 is 60.4 Å². The van der Waals surface area contributed by atoms with E-state index in [0.717, 1.165) is 22.2 Å². The summed E-state index contributed by atoms with van der Waals surface area (Å²) in [6.45, 7) is 8.22. The number of hydrogen-bond donors (Lipinski definition) is 6. The van der Waals surface area contributed by atoms with Crippen LogP contribution in [-0.2, 0) is 47.2 Å². The van der Waals surface area contributed by atoms with Gasteiger partial charge in [0.05, 0.1) is 58.0 Å². The average molecular weight is 1000 g/mol. The van der Waals surface area contributed by atoms with Crippen LogP contribution in [0.3, 0.4) is 0 Å². The summed E-state index contributed by atoms with van der Waals surface area (Å²) >= 11 is 0. The summed E-state index contributed by atoms with van der Waals surface area (Å²) in [6.07, 6.45) is -9.08. The summed E-state index contributed by atoms with van der Waals surface area (Å²) in [4.78, 5) is 56.5. The molecule has 20 nitrogen and oxygen atoms in total. The lowest BCUT2D eigenvalue weighted by molar-refractivity contribution is -0.356. The normalized spacial score (nSPS) is 28.8. The molecule has 8 aromatic rings. The highest BCUT2D eigenvalue weighted by Gasteiger charge is 2.56. The predicted octanol–water partition coefficient (Wildman–Crippen LogP) is 3.81.